The molecule has 1 aliphatic carbocycles. The van der Waals surface area contributed by atoms with Gasteiger partial charge in [-0.05, 0) is 123 Å². The van der Waals surface area contributed by atoms with Gasteiger partial charge in [-0.2, -0.15) is 0 Å². The first kappa shape index (κ1) is 38.1. The summed E-state index contributed by atoms with van der Waals surface area (Å²) < 4.78 is 9.14. The first-order valence-electron chi connectivity index (χ1n) is 22.8. The Morgan fingerprint density at radius 1 is 0.364 bits per heavy atom. The van der Waals surface area contributed by atoms with Gasteiger partial charge in [0, 0.05) is 55.3 Å². The minimum absolute atomic E-state index is 0.0659. The van der Waals surface area contributed by atoms with Gasteiger partial charge in [0.05, 0.1) is 11.0 Å². The van der Waals surface area contributed by atoms with Gasteiger partial charge in [0.1, 0.15) is 11.2 Å². The number of para-hydroxylation sites is 3. The van der Waals surface area contributed by atoms with Crippen molar-refractivity contribution in [2.24, 2.45) is 0 Å². The number of aromatic nitrogens is 1. The van der Waals surface area contributed by atoms with Crippen LogP contribution < -0.4 is 4.90 Å². The number of benzene rings is 10. The lowest BCUT2D eigenvalue weighted by Gasteiger charge is -2.27. The van der Waals surface area contributed by atoms with Crippen LogP contribution in [0, 0.1) is 0 Å². The largest absolute Gasteiger partial charge is 0.455 e. The highest BCUT2D eigenvalue weighted by Crippen LogP contribution is 2.50. The van der Waals surface area contributed by atoms with Crippen molar-refractivity contribution >= 4 is 60.8 Å². The molecule has 10 aromatic carbocycles. The molecule has 0 radical (unpaired) electrons. The lowest BCUT2D eigenvalue weighted by molar-refractivity contribution is 0.660. The average molecular weight is 845 g/mol. The predicted octanol–water partition coefficient (Wildman–Crippen LogP) is 17.5. The summed E-state index contributed by atoms with van der Waals surface area (Å²) >= 11 is 0. The van der Waals surface area contributed by atoms with Crippen molar-refractivity contribution < 1.29 is 4.42 Å². The second-order valence-corrected chi connectivity index (χ2v) is 18.1. The molecule has 0 atom stereocenters. The molecule has 12 aromatic rings. The number of fused-ring (bicyclic) bond motifs is 9. The lowest BCUT2D eigenvalue weighted by Crippen LogP contribution is -2.14. The van der Waals surface area contributed by atoms with Gasteiger partial charge in [-0.3, -0.25) is 0 Å². The van der Waals surface area contributed by atoms with Gasteiger partial charge in [0.2, 0.25) is 0 Å². The van der Waals surface area contributed by atoms with E-state index >= 15 is 0 Å². The molecule has 0 N–H and O–H groups in total. The molecule has 0 unspecified atom stereocenters. The minimum Gasteiger partial charge on any atom is -0.455 e. The van der Waals surface area contributed by atoms with Crippen molar-refractivity contribution in [1.82, 2.24) is 4.57 Å². The zero-order valence-electron chi connectivity index (χ0n) is 36.7. The second kappa shape index (κ2) is 14.8. The number of nitrogens with zero attached hydrogens (tertiary/aromatic N) is 2. The Hall–Kier alpha value is -8.40. The van der Waals surface area contributed by atoms with Crippen LogP contribution in [0.5, 0.6) is 0 Å². The summed E-state index contributed by atoms with van der Waals surface area (Å²) in [5.74, 6) is 0. The monoisotopic (exact) mass is 844 g/mol. The molecule has 0 fully saturated rings. The summed E-state index contributed by atoms with van der Waals surface area (Å²) in [4.78, 5) is 2.39. The second-order valence-electron chi connectivity index (χ2n) is 18.1. The van der Waals surface area contributed by atoms with Crippen LogP contribution in [0.2, 0.25) is 0 Å². The van der Waals surface area contributed by atoms with E-state index in [4.69, 9.17) is 4.42 Å². The van der Waals surface area contributed by atoms with Gasteiger partial charge in [0.25, 0.3) is 0 Å². The average Bonchev–Trinajstić information content (AvgIpc) is 4.00. The molecular formula is C63H44N2O. The quantitative estimate of drug-likeness (QED) is 0.159. The summed E-state index contributed by atoms with van der Waals surface area (Å²) in [5, 5.41) is 4.67. The number of hydrogen-bond donors (Lipinski definition) is 0. The topological polar surface area (TPSA) is 21.3 Å². The van der Waals surface area contributed by atoms with Gasteiger partial charge in [0.15, 0.2) is 0 Å². The lowest BCUT2D eigenvalue weighted by atomic mass is 9.81. The highest BCUT2D eigenvalue weighted by Gasteiger charge is 2.35. The Bertz CT molecular complexity index is 3760. The zero-order chi connectivity index (χ0) is 43.9. The van der Waals surface area contributed by atoms with Crippen LogP contribution in [0.4, 0.5) is 17.1 Å². The SMILES string of the molecule is CC1(C)c2ccccc2-c2ccc(-c3ccc(N(c4ccc(-c5ccccc5)cc4)c4cc(-c5ccc(-n6c7ccccc7c7ccccc76)cc5)c5oc6ccccc6c5c4)cc3)cc21. The van der Waals surface area contributed by atoms with Gasteiger partial charge in [-0.15, -0.1) is 0 Å². The molecule has 0 saturated carbocycles. The van der Waals surface area contributed by atoms with Crippen LogP contribution in [0.15, 0.2) is 235 Å². The van der Waals surface area contributed by atoms with Crippen molar-refractivity contribution in [2.45, 2.75) is 19.3 Å². The molecule has 0 spiro atoms. The number of rotatable bonds is 7. The molecule has 3 heteroatoms. The van der Waals surface area contributed by atoms with Crippen LogP contribution in [0.25, 0.3) is 93.9 Å². The Kier molecular flexibility index (Phi) is 8.56. The number of anilines is 3. The summed E-state index contributed by atoms with van der Waals surface area (Å²) in [6.07, 6.45) is 0. The maximum absolute atomic E-state index is 6.77. The molecule has 13 rings (SSSR count). The molecule has 0 amide bonds. The Balaban J connectivity index is 0.956. The fourth-order valence-electron chi connectivity index (χ4n) is 10.7. The minimum atomic E-state index is -0.0659. The summed E-state index contributed by atoms with van der Waals surface area (Å²) in [7, 11) is 0. The maximum Gasteiger partial charge on any atom is 0.143 e. The van der Waals surface area contributed by atoms with Crippen molar-refractivity contribution in [3.05, 3.63) is 242 Å². The van der Waals surface area contributed by atoms with E-state index in [1.165, 1.54) is 66.3 Å². The highest BCUT2D eigenvalue weighted by atomic mass is 16.3. The Labute approximate surface area is 384 Å². The van der Waals surface area contributed by atoms with E-state index in [0.29, 0.717) is 0 Å². The Morgan fingerprint density at radius 3 is 1.59 bits per heavy atom. The van der Waals surface area contributed by atoms with Crippen LogP contribution in [-0.4, -0.2) is 4.57 Å². The fourth-order valence-corrected chi connectivity index (χ4v) is 10.7. The molecule has 312 valence electrons. The molecule has 0 bridgehead atoms. The van der Waals surface area contributed by atoms with Gasteiger partial charge >= 0.3 is 0 Å². The molecule has 3 nitrogen and oxygen atoms in total. The van der Waals surface area contributed by atoms with E-state index in [2.05, 4.69) is 254 Å². The van der Waals surface area contributed by atoms with Crippen LogP contribution in [-0.2, 0) is 5.41 Å². The normalized spacial score (nSPS) is 12.8. The maximum atomic E-state index is 6.77. The van der Waals surface area contributed by atoms with Gasteiger partial charge < -0.3 is 13.9 Å². The molecule has 2 aromatic heterocycles. The first-order chi connectivity index (χ1) is 32.5. The molecule has 66 heavy (non-hydrogen) atoms. The third kappa shape index (κ3) is 5.97. The molecule has 2 heterocycles. The summed E-state index contributed by atoms with van der Waals surface area (Å²) in [6.45, 7) is 4.69. The zero-order valence-corrected chi connectivity index (χ0v) is 36.7. The van der Waals surface area contributed by atoms with E-state index in [0.717, 1.165) is 55.8 Å². The van der Waals surface area contributed by atoms with Crippen molar-refractivity contribution in [2.75, 3.05) is 4.90 Å². The predicted molar refractivity (Wildman–Crippen MR) is 277 cm³/mol. The number of furan rings is 1. The molecule has 0 aliphatic heterocycles. The highest BCUT2D eigenvalue weighted by molar-refractivity contribution is 6.12. The van der Waals surface area contributed by atoms with Gasteiger partial charge in [-0.1, -0.05) is 172 Å². The smallest absolute Gasteiger partial charge is 0.143 e. The Morgan fingerprint density at radius 2 is 0.894 bits per heavy atom. The van der Waals surface area contributed by atoms with Gasteiger partial charge in [-0.25, -0.2) is 0 Å². The van der Waals surface area contributed by atoms with Crippen molar-refractivity contribution in [3.63, 3.8) is 0 Å². The van der Waals surface area contributed by atoms with Crippen molar-refractivity contribution in [1.29, 1.82) is 0 Å². The van der Waals surface area contributed by atoms with Crippen LogP contribution in [0.1, 0.15) is 25.0 Å². The van der Waals surface area contributed by atoms with E-state index in [-0.39, 0.29) is 5.41 Å². The summed E-state index contributed by atoms with van der Waals surface area (Å²) in [6, 6.07) is 83.8. The van der Waals surface area contributed by atoms with E-state index < -0.39 is 0 Å². The number of hydrogen-bond acceptors (Lipinski definition) is 2. The molecule has 0 saturated heterocycles. The molecule has 1 aliphatic rings. The third-order valence-electron chi connectivity index (χ3n) is 14.0. The molecular weight excluding hydrogens is 801 g/mol. The first-order valence-corrected chi connectivity index (χ1v) is 22.8. The van der Waals surface area contributed by atoms with E-state index in [1.54, 1.807) is 0 Å². The van der Waals surface area contributed by atoms with E-state index in [1.807, 2.05) is 0 Å². The van der Waals surface area contributed by atoms with E-state index in [9.17, 15) is 0 Å². The van der Waals surface area contributed by atoms with Crippen molar-refractivity contribution in [3.8, 4) is 50.2 Å². The fraction of sp³-hybridized carbons (Fsp3) is 0.0476. The van der Waals surface area contributed by atoms with Crippen LogP contribution >= 0.6 is 0 Å². The third-order valence-corrected chi connectivity index (χ3v) is 14.0. The van der Waals surface area contributed by atoms with Crippen LogP contribution in [0.3, 0.4) is 0 Å². The standard InChI is InChI=1S/C63H44N2O/c1-63(2)57-20-10-6-16-50(57)51-37-30-45(38-58(51)63)43-26-33-47(34-27-43)64(46-31-24-42(25-32-46)41-14-4-3-5-15-41)49-39-55(62-56(40-49)54-19-9-13-23-61(54)66-62)44-28-35-48(36-29-44)65-59-21-11-7-17-52(59)53-18-8-12-22-60(53)65/h3-40H,1-2H3. The summed E-state index contributed by atoms with van der Waals surface area (Å²) in [5.41, 5.74) is 20.7.